The zero-order valence-corrected chi connectivity index (χ0v) is 14.0. The van der Waals surface area contributed by atoms with Crippen LogP contribution in [0.15, 0.2) is 30.9 Å². The summed E-state index contributed by atoms with van der Waals surface area (Å²) in [7, 11) is 0. The second kappa shape index (κ2) is 7.16. The molecular formula is C16H19F2N3O2S. The lowest BCUT2D eigenvalue weighted by Crippen LogP contribution is -2.42. The molecule has 1 saturated heterocycles. The fraction of sp³-hybridized carbons (Fsp3) is 0.500. The fourth-order valence-corrected chi connectivity index (χ4v) is 4.27. The number of hydrogen-bond donors (Lipinski definition) is 1. The average Bonchev–Trinajstić information content (AvgIpc) is 3.20. The van der Waals surface area contributed by atoms with E-state index in [1.54, 1.807) is 11.8 Å². The first-order valence-corrected chi connectivity index (χ1v) is 8.67. The minimum Gasteiger partial charge on any atom is -0.382 e. The molecule has 0 saturated carbocycles. The summed E-state index contributed by atoms with van der Waals surface area (Å²) < 4.78 is 34.5. The van der Waals surface area contributed by atoms with Crippen molar-refractivity contribution in [3.05, 3.63) is 48.1 Å². The third-order valence-corrected chi connectivity index (χ3v) is 5.78. The molecule has 3 atom stereocenters. The molecule has 130 valence electrons. The molecule has 1 unspecified atom stereocenters. The fourth-order valence-electron chi connectivity index (χ4n) is 2.86. The molecule has 3 rings (SSSR count). The van der Waals surface area contributed by atoms with Gasteiger partial charge in [-0.15, -0.1) is 11.8 Å². The molecule has 0 amide bonds. The Bertz CT molecular complexity index is 680. The zero-order valence-electron chi connectivity index (χ0n) is 13.2. The summed E-state index contributed by atoms with van der Waals surface area (Å²) in [6.07, 6.45) is 3.70. The van der Waals surface area contributed by atoms with E-state index < -0.39 is 17.2 Å². The first-order valence-electron chi connectivity index (χ1n) is 7.72. The number of aliphatic hydroxyl groups is 1. The molecule has 2 heterocycles. The molecule has 0 spiro atoms. The highest BCUT2D eigenvalue weighted by Crippen LogP contribution is 2.39. The van der Waals surface area contributed by atoms with Crippen molar-refractivity contribution in [1.29, 1.82) is 0 Å². The van der Waals surface area contributed by atoms with Crippen molar-refractivity contribution in [3.8, 4) is 0 Å². The van der Waals surface area contributed by atoms with E-state index in [-0.39, 0.29) is 22.6 Å². The monoisotopic (exact) mass is 355 g/mol. The molecule has 24 heavy (non-hydrogen) atoms. The molecule has 5 nitrogen and oxygen atoms in total. The highest BCUT2D eigenvalue weighted by molar-refractivity contribution is 8.00. The molecule has 1 aromatic carbocycles. The predicted octanol–water partition coefficient (Wildman–Crippen LogP) is 2.35. The summed E-state index contributed by atoms with van der Waals surface area (Å²) in [6.45, 7) is 3.16. The highest BCUT2D eigenvalue weighted by atomic mass is 32.2. The van der Waals surface area contributed by atoms with Crippen LogP contribution >= 0.6 is 11.8 Å². The van der Waals surface area contributed by atoms with Crippen molar-refractivity contribution in [3.63, 3.8) is 0 Å². The van der Waals surface area contributed by atoms with E-state index >= 15 is 0 Å². The summed E-state index contributed by atoms with van der Waals surface area (Å²) >= 11 is 1.55. The van der Waals surface area contributed by atoms with Crippen LogP contribution in [0.3, 0.4) is 0 Å². The highest BCUT2D eigenvalue weighted by Gasteiger charge is 2.41. The van der Waals surface area contributed by atoms with Gasteiger partial charge >= 0.3 is 0 Å². The van der Waals surface area contributed by atoms with Gasteiger partial charge in [-0.3, -0.25) is 0 Å². The second-order valence-electron chi connectivity index (χ2n) is 5.91. The van der Waals surface area contributed by atoms with E-state index in [9.17, 15) is 13.9 Å². The average molecular weight is 355 g/mol. The number of hydrogen-bond acceptors (Lipinski definition) is 5. The van der Waals surface area contributed by atoms with E-state index in [4.69, 9.17) is 4.74 Å². The van der Waals surface area contributed by atoms with E-state index in [0.717, 1.165) is 18.6 Å². The first kappa shape index (κ1) is 17.3. The van der Waals surface area contributed by atoms with Crippen LogP contribution in [-0.4, -0.2) is 43.6 Å². The quantitative estimate of drug-likeness (QED) is 0.862. The van der Waals surface area contributed by atoms with Crippen LogP contribution in [0.5, 0.6) is 0 Å². The Kier molecular flexibility index (Phi) is 5.17. The zero-order chi connectivity index (χ0) is 17.2. The lowest BCUT2D eigenvalue weighted by molar-refractivity contribution is 0.0132. The number of halogens is 2. The van der Waals surface area contributed by atoms with E-state index in [1.165, 1.54) is 23.4 Å². The van der Waals surface area contributed by atoms with Gasteiger partial charge in [0.25, 0.3) is 0 Å². The maximum absolute atomic E-state index is 14.4. The maximum Gasteiger partial charge on any atom is 0.137 e. The Balaban J connectivity index is 1.92. The van der Waals surface area contributed by atoms with Gasteiger partial charge in [-0.2, -0.15) is 5.10 Å². The Morgan fingerprint density at radius 2 is 2.33 bits per heavy atom. The molecule has 0 aliphatic carbocycles. The molecule has 2 aromatic rings. The maximum atomic E-state index is 14.4. The Labute approximate surface area is 143 Å². The molecular weight excluding hydrogens is 336 g/mol. The number of benzene rings is 1. The lowest BCUT2D eigenvalue weighted by atomic mass is 9.90. The van der Waals surface area contributed by atoms with Gasteiger partial charge in [0.1, 0.15) is 29.9 Å². The molecule has 8 heteroatoms. The number of aromatic nitrogens is 3. The van der Waals surface area contributed by atoms with Crippen molar-refractivity contribution in [1.82, 2.24) is 14.8 Å². The van der Waals surface area contributed by atoms with Crippen LogP contribution in [0.1, 0.15) is 18.9 Å². The number of rotatable bonds is 6. The Hall–Kier alpha value is -1.51. The SMILES string of the molecule is C[C@@H](SC1CCOC1)[C@](O)(Cn1cncn1)c1ccc(F)cc1F. The third-order valence-electron chi connectivity index (χ3n) is 4.22. The summed E-state index contributed by atoms with van der Waals surface area (Å²) in [5, 5.41) is 15.2. The predicted molar refractivity (Wildman–Crippen MR) is 86.6 cm³/mol. The van der Waals surface area contributed by atoms with Crippen molar-refractivity contribution in [2.75, 3.05) is 13.2 Å². The van der Waals surface area contributed by atoms with E-state index in [1.807, 2.05) is 6.92 Å². The second-order valence-corrected chi connectivity index (χ2v) is 7.55. The molecule has 1 aliphatic heterocycles. The van der Waals surface area contributed by atoms with Crippen LogP contribution < -0.4 is 0 Å². The van der Waals surface area contributed by atoms with Gasteiger partial charge in [0.2, 0.25) is 0 Å². The van der Waals surface area contributed by atoms with Gasteiger partial charge in [0.05, 0.1) is 13.2 Å². The van der Waals surface area contributed by atoms with Crippen LogP contribution in [0.25, 0.3) is 0 Å². The Morgan fingerprint density at radius 1 is 1.50 bits per heavy atom. The lowest BCUT2D eigenvalue weighted by Gasteiger charge is -2.35. The smallest absolute Gasteiger partial charge is 0.137 e. The molecule has 0 bridgehead atoms. The standard InChI is InChI=1S/C16H19F2N3O2S/c1-11(24-13-4-5-23-7-13)16(22,8-21-10-19-9-20-21)14-3-2-12(17)6-15(14)18/h2-3,6,9-11,13,22H,4-5,7-8H2,1H3/t11-,13?,16-/m1/s1. The topological polar surface area (TPSA) is 60.2 Å². The minimum atomic E-state index is -1.56. The summed E-state index contributed by atoms with van der Waals surface area (Å²) in [4.78, 5) is 3.86. The van der Waals surface area contributed by atoms with Gasteiger partial charge in [-0.1, -0.05) is 13.0 Å². The normalized spacial score (nSPS) is 21.6. The largest absolute Gasteiger partial charge is 0.382 e. The van der Waals surface area contributed by atoms with Gasteiger partial charge in [0, 0.05) is 28.7 Å². The van der Waals surface area contributed by atoms with Crippen LogP contribution in [-0.2, 0) is 16.9 Å². The molecule has 0 radical (unpaired) electrons. The minimum absolute atomic E-state index is 0.0251. The molecule has 1 N–H and O–H groups in total. The summed E-state index contributed by atoms with van der Waals surface area (Å²) in [5.41, 5.74) is -1.50. The number of nitrogens with zero attached hydrogens (tertiary/aromatic N) is 3. The van der Waals surface area contributed by atoms with E-state index in [2.05, 4.69) is 10.1 Å². The summed E-state index contributed by atoms with van der Waals surface area (Å²) in [6, 6.07) is 3.24. The molecule has 1 aliphatic rings. The van der Waals surface area contributed by atoms with Crippen molar-refractivity contribution < 1.29 is 18.6 Å². The van der Waals surface area contributed by atoms with Crippen molar-refractivity contribution in [2.45, 2.75) is 36.0 Å². The van der Waals surface area contributed by atoms with Gasteiger partial charge < -0.3 is 9.84 Å². The van der Waals surface area contributed by atoms with Crippen molar-refractivity contribution >= 4 is 11.8 Å². The van der Waals surface area contributed by atoms with Crippen molar-refractivity contribution in [2.24, 2.45) is 0 Å². The number of ether oxygens (including phenoxy) is 1. The molecule has 1 aromatic heterocycles. The van der Waals surface area contributed by atoms with E-state index in [0.29, 0.717) is 13.2 Å². The Morgan fingerprint density at radius 3 is 2.96 bits per heavy atom. The van der Waals surface area contributed by atoms with Crippen LogP contribution in [0, 0.1) is 11.6 Å². The van der Waals surface area contributed by atoms with Gasteiger partial charge in [-0.05, 0) is 12.5 Å². The van der Waals surface area contributed by atoms with Crippen LogP contribution in [0.4, 0.5) is 8.78 Å². The summed E-state index contributed by atoms with van der Waals surface area (Å²) in [5.74, 6) is -1.45. The number of thioether (sulfide) groups is 1. The van der Waals surface area contributed by atoms with Gasteiger partial charge in [0.15, 0.2) is 0 Å². The first-order chi connectivity index (χ1) is 11.5. The van der Waals surface area contributed by atoms with Crippen LogP contribution in [0.2, 0.25) is 0 Å². The molecule has 1 fully saturated rings. The van der Waals surface area contributed by atoms with Gasteiger partial charge in [-0.25, -0.2) is 18.4 Å². The third kappa shape index (κ3) is 3.60.